The summed E-state index contributed by atoms with van der Waals surface area (Å²) in [6.07, 6.45) is 0.100. The van der Waals surface area contributed by atoms with Crippen LogP contribution in [0, 0.1) is 6.92 Å². The van der Waals surface area contributed by atoms with Gasteiger partial charge in [-0.15, -0.1) is 0 Å². The van der Waals surface area contributed by atoms with Crippen LogP contribution in [0.5, 0.6) is 11.5 Å². The van der Waals surface area contributed by atoms with Gasteiger partial charge in [0.25, 0.3) is 0 Å². The number of Topliss-reactive ketones (excluding diaryl/α,β-unsaturated/α-hetero) is 1. The fraction of sp³-hybridized carbons (Fsp3) is 0.235. The van der Waals surface area contributed by atoms with Gasteiger partial charge in [0.05, 0.1) is 19.1 Å². The van der Waals surface area contributed by atoms with E-state index in [2.05, 4.69) is 15.9 Å². The van der Waals surface area contributed by atoms with E-state index in [1.807, 2.05) is 25.1 Å². The number of ketones is 1. The highest BCUT2D eigenvalue weighted by atomic mass is 79.9. The summed E-state index contributed by atoms with van der Waals surface area (Å²) in [7, 11) is 1.60. The van der Waals surface area contributed by atoms with Crippen LogP contribution < -0.4 is 9.47 Å². The predicted octanol–water partition coefficient (Wildman–Crippen LogP) is 4.47. The lowest BCUT2D eigenvalue weighted by molar-refractivity contribution is 0.0849. The van der Waals surface area contributed by atoms with Crippen molar-refractivity contribution in [1.82, 2.24) is 0 Å². The van der Waals surface area contributed by atoms with Gasteiger partial charge in [-0.1, -0.05) is 28.1 Å². The molecule has 0 saturated heterocycles. The standard InChI is InChI=1S/C17H15BrO3/c1-10-3-4-11(7-14(10)18)16-9-15(19)13-6-5-12(20-2)8-17(13)21-16/h3-8,16H,9H2,1-2H3. The van der Waals surface area contributed by atoms with Crippen molar-refractivity contribution >= 4 is 21.7 Å². The Hall–Kier alpha value is -1.81. The summed E-state index contributed by atoms with van der Waals surface area (Å²) >= 11 is 3.52. The first kappa shape index (κ1) is 14.1. The largest absolute Gasteiger partial charge is 0.497 e. The van der Waals surface area contributed by atoms with E-state index in [9.17, 15) is 4.79 Å². The number of hydrogen-bond acceptors (Lipinski definition) is 3. The van der Waals surface area contributed by atoms with Gasteiger partial charge in [-0.3, -0.25) is 4.79 Å². The summed E-state index contributed by atoms with van der Waals surface area (Å²) in [5.41, 5.74) is 2.77. The third-order valence-electron chi connectivity index (χ3n) is 3.70. The van der Waals surface area contributed by atoms with Gasteiger partial charge in [0.1, 0.15) is 17.6 Å². The number of ether oxygens (including phenoxy) is 2. The average Bonchev–Trinajstić information content (AvgIpc) is 2.49. The monoisotopic (exact) mass is 346 g/mol. The van der Waals surface area contributed by atoms with E-state index in [0.29, 0.717) is 23.5 Å². The van der Waals surface area contributed by atoms with Crippen molar-refractivity contribution in [3.05, 3.63) is 57.6 Å². The van der Waals surface area contributed by atoms with Gasteiger partial charge in [-0.2, -0.15) is 0 Å². The fourth-order valence-corrected chi connectivity index (χ4v) is 2.82. The van der Waals surface area contributed by atoms with E-state index in [0.717, 1.165) is 15.6 Å². The molecule has 1 aliphatic heterocycles. The second kappa shape index (κ2) is 5.53. The van der Waals surface area contributed by atoms with E-state index >= 15 is 0 Å². The fourth-order valence-electron chi connectivity index (χ4n) is 2.43. The summed E-state index contributed by atoms with van der Waals surface area (Å²) in [6.45, 7) is 2.03. The molecule has 0 bridgehead atoms. The number of fused-ring (bicyclic) bond motifs is 1. The SMILES string of the molecule is COc1ccc2c(c1)OC(c1ccc(C)c(Br)c1)CC2=O. The van der Waals surface area contributed by atoms with Crippen molar-refractivity contribution in [2.45, 2.75) is 19.4 Å². The number of hydrogen-bond donors (Lipinski definition) is 0. The van der Waals surface area contributed by atoms with Crippen molar-refractivity contribution in [2.75, 3.05) is 7.11 Å². The molecule has 1 atom stereocenters. The van der Waals surface area contributed by atoms with Gasteiger partial charge in [0, 0.05) is 10.5 Å². The van der Waals surface area contributed by atoms with Crippen LogP contribution in [-0.2, 0) is 0 Å². The van der Waals surface area contributed by atoms with Crippen molar-refractivity contribution in [2.24, 2.45) is 0 Å². The first-order valence-corrected chi connectivity index (χ1v) is 7.51. The topological polar surface area (TPSA) is 35.5 Å². The summed E-state index contributed by atoms with van der Waals surface area (Å²) in [6, 6.07) is 11.3. The molecule has 108 valence electrons. The van der Waals surface area contributed by atoms with E-state index in [1.165, 1.54) is 0 Å². The van der Waals surface area contributed by atoms with E-state index in [4.69, 9.17) is 9.47 Å². The lowest BCUT2D eigenvalue weighted by Gasteiger charge is -2.26. The molecule has 3 nitrogen and oxygen atoms in total. The third kappa shape index (κ3) is 2.68. The summed E-state index contributed by atoms with van der Waals surface area (Å²) in [5, 5.41) is 0. The minimum atomic E-state index is -0.256. The molecule has 3 rings (SSSR count). The zero-order valence-electron chi connectivity index (χ0n) is 11.9. The van der Waals surface area contributed by atoms with Crippen LogP contribution in [0.2, 0.25) is 0 Å². The summed E-state index contributed by atoms with van der Waals surface area (Å²) in [4.78, 5) is 12.3. The molecule has 21 heavy (non-hydrogen) atoms. The van der Waals surface area contributed by atoms with Gasteiger partial charge in [0.15, 0.2) is 5.78 Å². The van der Waals surface area contributed by atoms with Crippen LogP contribution in [-0.4, -0.2) is 12.9 Å². The lowest BCUT2D eigenvalue weighted by atomic mass is 9.96. The summed E-state index contributed by atoms with van der Waals surface area (Å²) < 4.78 is 12.2. The van der Waals surface area contributed by atoms with Crippen molar-refractivity contribution < 1.29 is 14.3 Å². The molecule has 2 aromatic rings. The molecule has 1 aliphatic rings. The van der Waals surface area contributed by atoms with E-state index in [1.54, 1.807) is 25.3 Å². The van der Waals surface area contributed by atoms with E-state index < -0.39 is 0 Å². The first-order valence-electron chi connectivity index (χ1n) is 6.72. The Morgan fingerprint density at radius 2 is 2.05 bits per heavy atom. The highest BCUT2D eigenvalue weighted by molar-refractivity contribution is 9.10. The van der Waals surface area contributed by atoms with Crippen LogP contribution in [0.25, 0.3) is 0 Å². The Morgan fingerprint density at radius 3 is 2.76 bits per heavy atom. The molecule has 0 fully saturated rings. The first-order chi connectivity index (χ1) is 10.1. The Kier molecular flexibility index (Phi) is 3.72. The highest BCUT2D eigenvalue weighted by Crippen LogP contribution is 2.37. The number of aryl methyl sites for hydroxylation is 1. The molecule has 1 heterocycles. The van der Waals surface area contributed by atoms with Gasteiger partial charge in [-0.25, -0.2) is 0 Å². The van der Waals surface area contributed by atoms with E-state index in [-0.39, 0.29) is 11.9 Å². The third-order valence-corrected chi connectivity index (χ3v) is 4.55. The molecular formula is C17H15BrO3. The van der Waals surface area contributed by atoms with Gasteiger partial charge in [-0.05, 0) is 36.2 Å². The number of rotatable bonds is 2. The van der Waals surface area contributed by atoms with Gasteiger partial charge >= 0.3 is 0 Å². The minimum Gasteiger partial charge on any atom is -0.497 e. The molecule has 0 saturated carbocycles. The number of benzene rings is 2. The smallest absolute Gasteiger partial charge is 0.170 e. The molecule has 0 aromatic heterocycles. The lowest BCUT2D eigenvalue weighted by Crippen LogP contribution is -2.20. The maximum atomic E-state index is 12.3. The maximum Gasteiger partial charge on any atom is 0.170 e. The molecule has 2 aromatic carbocycles. The maximum absolute atomic E-state index is 12.3. The van der Waals surface area contributed by atoms with Crippen LogP contribution >= 0.6 is 15.9 Å². The van der Waals surface area contributed by atoms with Crippen molar-refractivity contribution in [3.8, 4) is 11.5 Å². The van der Waals surface area contributed by atoms with Crippen LogP contribution in [0.1, 0.15) is 34.0 Å². The Balaban J connectivity index is 1.96. The van der Waals surface area contributed by atoms with Crippen LogP contribution in [0.4, 0.5) is 0 Å². The summed E-state index contributed by atoms with van der Waals surface area (Å²) in [5.74, 6) is 1.38. The molecule has 0 amide bonds. The predicted molar refractivity (Wildman–Crippen MR) is 84.2 cm³/mol. The number of halogens is 1. The van der Waals surface area contributed by atoms with Crippen molar-refractivity contribution in [3.63, 3.8) is 0 Å². The van der Waals surface area contributed by atoms with Crippen molar-refractivity contribution in [1.29, 1.82) is 0 Å². The molecule has 0 spiro atoms. The molecular weight excluding hydrogens is 332 g/mol. The molecule has 1 unspecified atom stereocenters. The normalized spacial score (nSPS) is 17.1. The Morgan fingerprint density at radius 1 is 1.24 bits per heavy atom. The Bertz CT molecular complexity index is 709. The molecule has 0 aliphatic carbocycles. The van der Waals surface area contributed by atoms with Crippen LogP contribution in [0.15, 0.2) is 40.9 Å². The van der Waals surface area contributed by atoms with Gasteiger partial charge < -0.3 is 9.47 Å². The second-order valence-corrected chi connectivity index (χ2v) is 5.96. The molecule has 0 radical (unpaired) electrons. The number of carbonyl (C=O) groups excluding carboxylic acids is 1. The molecule has 0 N–H and O–H groups in total. The zero-order chi connectivity index (χ0) is 15.0. The minimum absolute atomic E-state index is 0.0978. The quantitative estimate of drug-likeness (QED) is 0.804. The highest BCUT2D eigenvalue weighted by Gasteiger charge is 2.28. The number of methoxy groups -OCH3 is 1. The number of carbonyl (C=O) groups is 1. The van der Waals surface area contributed by atoms with Crippen LogP contribution in [0.3, 0.4) is 0 Å². The average molecular weight is 347 g/mol. The van der Waals surface area contributed by atoms with Gasteiger partial charge in [0.2, 0.25) is 0 Å². The molecule has 4 heteroatoms. The second-order valence-electron chi connectivity index (χ2n) is 5.10. The Labute approximate surface area is 132 Å². The zero-order valence-corrected chi connectivity index (χ0v) is 13.4.